The van der Waals surface area contributed by atoms with Gasteiger partial charge in [-0.05, 0) is 68.8 Å². The molecule has 0 bridgehead atoms. The average Bonchev–Trinajstić information content (AvgIpc) is 3.34. The van der Waals surface area contributed by atoms with E-state index in [1.54, 1.807) is 18.2 Å². The van der Waals surface area contributed by atoms with E-state index in [4.69, 9.17) is 4.74 Å². The average molecular weight is 487 g/mol. The Balaban J connectivity index is 1.47. The third-order valence-corrected chi connectivity index (χ3v) is 6.99. The van der Waals surface area contributed by atoms with Crippen LogP contribution in [-0.2, 0) is 0 Å². The first-order valence-electron chi connectivity index (χ1n) is 12.5. The monoisotopic (exact) mass is 486 g/mol. The molecule has 3 aromatic carbocycles. The lowest BCUT2D eigenvalue weighted by molar-refractivity contribution is 0.0699. The van der Waals surface area contributed by atoms with E-state index in [0.29, 0.717) is 23.5 Å². The molecule has 1 N–H and O–H groups in total. The zero-order chi connectivity index (χ0) is 25.1. The van der Waals surface area contributed by atoms with E-state index in [9.17, 15) is 9.18 Å². The maximum Gasteiger partial charge on any atom is 0.254 e. The van der Waals surface area contributed by atoms with Crippen molar-refractivity contribution in [1.82, 2.24) is 20.0 Å². The number of nitrogens with one attached hydrogen (secondary N) is 1. The Morgan fingerprint density at radius 1 is 1.17 bits per heavy atom. The third-order valence-electron chi connectivity index (χ3n) is 6.99. The normalized spacial score (nSPS) is 14.4. The first-order valence-corrected chi connectivity index (χ1v) is 12.5. The zero-order valence-corrected chi connectivity index (χ0v) is 20.7. The van der Waals surface area contributed by atoms with Crippen LogP contribution in [-0.4, -0.2) is 59.2 Å². The molecule has 0 aliphatic carbocycles. The van der Waals surface area contributed by atoms with Crippen molar-refractivity contribution < 1.29 is 13.9 Å². The summed E-state index contributed by atoms with van der Waals surface area (Å²) in [4.78, 5) is 18.0. The molecule has 6 nitrogen and oxygen atoms in total. The second kappa shape index (κ2) is 10.5. The second-order valence-corrected chi connectivity index (χ2v) is 9.25. The van der Waals surface area contributed by atoms with E-state index in [2.05, 4.69) is 21.2 Å². The van der Waals surface area contributed by atoms with Gasteiger partial charge in [-0.2, -0.15) is 5.10 Å². The van der Waals surface area contributed by atoms with Gasteiger partial charge in [0.2, 0.25) is 0 Å². The van der Waals surface area contributed by atoms with Crippen LogP contribution in [0.5, 0.6) is 5.75 Å². The number of carbonyl (C=O) groups excluding carboxylic acids is 1. The van der Waals surface area contributed by atoms with E-state index >= 15 is 0 Å². The van der Waals surface area contributed by atoms with Crippen LogP contribution >= 0.6 is 0 Å². The number of H-pyrrole nitrogens is 1. The van der Waals surface area contributed by atoms with Crippen molar-refractivity contribution in [2.75, 3.05) is 33.3 Å². The summed E-state index contributed by atoms with van der Waals surface area (Å²) in [5.74, 6) is 0.162. The topological polar surface area (TPSA) is 61.5 Å². The van der Waals surface area contributed by atoms with E-state index in [0.717, 1.165) is 48.1 Å². The lowest BCUT2D eigenvalue weighted by Gasteiger charge is -2.35. The summed E-state index contributed by atoms with van der Waals surface area (Å²) in [7, 11) is 1.86. The Hall–Kier alpha value is -3.71. The van der Waals surface area contributed by atoms with Gasteiger partial charge >= 0.3 is 0 Å². The number of hydrogen-bond donors (Lipinski definition) is 1. The Labute approximate surface area is 210 Å². The molecular formula is C29H31FN4O2. The van der Waals surface area contributed by atoms with E-state index in [1.165, 1.54) is 18.6 Å². The number of rotatable bonds is 9. The zero-order valence-electron chi connectivity index (χ0n) is 20.7. The Morgan fingerprint density at radius 3 is 2.75 bits per heavy atom. The van der Waals surface area contributed by atoms with Gasteiger partial charge < -0.3 is 14.5 Å². The number of halogens is 1. The van der Waals surface area contributed by atoms with Crippen LogP contribution in [0.15, 0.2) is 66.9 Å². The van der Waals surface area contributed by atoms with Crippen molar-refractivity contribution in [2.45, 2.75) is 25.8 Å². The fourth-order valence-electron chi connectivity index (χ4n) is 4.91. The number of aromatic amines is 1. The van der Waals surface area contributed by atoms with Crippen LogP contribution in [0.4, 0.5) is 4.39 Å². The molecule has 7 heteroatoms. The lowest BCUT2D eigenvalue weighted by atomic mass is 9.97. The molecule has 1 fully saturated rings. The molecule has 36 heavy (non-hydrogen) atoms. The van der Waals surface area contributed by atoms with Gasteiger partial charge in [0.15, 0.2) is 0 Å². The maximum absolute atomic E-state index is 13.9. The van der Waals surface area contributed by atoms with Crippen LogP contribution in [0, 0.1) is 5.82 Å². The standard InChI is InChI=1S/C29H31FN4O2/c1-3-36-27-18-21(11-12-24(27)20-7-4-9-23(30)17-20)29(35)33(2)26(13-16-34-14-6-15-34)25-10-5-8-22-19-31-32-28(22)25/h4-5,7-12,17-19,26H,3,6,13-16H2,1-2H3,(H,31,32)/t26-/m1/s1. The highest BCUT2D eigenvalue weighted by Crippen LogP contribution is 2.34. The Kier molecular flexibility index (Phi) is 7.00. The first kappa shape index (κ1) is 24.0. The van der Waals surface area contributed by atoms with Gasteiger partial charge in [0.05, 0.1) is 24.4 Å². The molecule has 0 saturated carbocycles. The highest BCUT2D eigenvalue weighted by Gasteiger charge is 2.27. The molecule has 2 heterocycles. The quantitative estimate of drug-likeness (QED) is 0.331. The van der Waals surface area contributed by atoms with Crippen molar-refractivity contribution in [2.24, 2.45) is 0 Å². The molecule has 0 unspecified atom stereocenters. The number of para-hydroxylation sites is 1. The highest BCUT2D eigenvalue weighted by molar-refractivity contribution is 5.96. The third kappa shape index (κ3) is 4.84. The van der Waals surface area contributed by atoms with Crippen LogP contribution in [0.2, 0.25) is 0 Å². The van der Waals surface area contributed by atoms with Crippen molar-refractivity contribution >= 4 is 16.8 Å². The molecule has 186 valence electrons. The van der Waals surface area contributed by atoms with Crippen LogP contribution < -0.4 is 4.74 Å². The fraction of sp³-hybridized carbons (Fsp3) is 0.310. The lowest BCUT2D eigenvalue weighted by Crippen LogP contribution is -2.40. The predicted octanol–water partition coefficient (Wildman–Crippen LogP) is 5.68. The van der Waals surface area contributed by atoms with Crippen molar-refractivity contribution in [3.63, 3.8) is 0 Å². The molecule has 4 aromatic rings. The number of hydrogen-bond acceptors (Lipinski definition) is 4. The summed E-state index contributed by atoms with van der Waals surface area (Å²) in [6, 6.07) is 17.8. The van der Waals surface area contributed by atoms with Gasteiger partial charge in [0.25, 0.3) is 5.91 Å². The summed E-state index contributed by atoms with van der Waals surface area (Å²) < 4.78 is 19.8. The summed E-state index contributed by atoms with van der Waals surface area (Å²) >= 11 is 0. The summed E-state index contributed by atoms with van der Waals surface area (Å²) in [6.45, 7) is 5.48. The summed E-state index contributed by atoms with van der Waals surface area (Å²) in [5.41, 5.74) is 4.02. The van der Waals surface area contributed by atoms with E-state index < -0.39 is 0 Å². The number of likely N-dealkylation sites (tertiary alicyclic amines) is 1. The number of ether oxygens (including phenoxy) is 1. The number of benzene rings is 3. The smallest absolute Gasteiger partial charge is 0.254 e. The number of nitrogens with zero attached hydrogens (tertiary/aromatic N) is 3. The molecule has 1 aliphatic heterocycles. The molecule has 1 saturated heterocycles. The van der Waals surface area contributed by atoms with Crippen LogP contribution in [0.25, 0.3) is 22.0 Å². The van der Waals surface area contributed by atoms with Crippen molar-refractivity contribution in [3.05, 3.63) is 83.8 Å². The maximum atomic E-state index is 13.9. The van der Waals surface area contributed by atoms with Gasteiger partial charge in [-0.3, -0.25) is 9.89 Å². The minimum Gasteiger partial charge on any atom is -0.493 e. The fourth-order valence-corrected chi connectivity index (χ4v) is 4.91. The van der Waals surface area contributed by atoms with Gasteiger partial charge in [-0.25, -0.2) is 4.39 Å². The molecule has 1 aliphatic rings. The van der Waals surface area contributed by atoms with Gasteiger partial charge in [-0.1, -0.05) is 30.3 Å². The van der Waals surface area contributed by atoms with E-state index in [-0.39, 0.29) is 17.8 Å². The highest BCUT2D eigenvalue weighted by atomic mass is 19.1. The number of carbonyl (C=O) groups is 1. The minimum atomic E-state index is -0.312. The number of amides is 1. The Morgan fingerprint density at radius 2 is 2.00 bits per heavy atom. The SMILES string of the molecule is CCOc1cc(C(=O)N(C)[C@H](CCN2CCC2)c2cccc3cn[nH]c23)ccc1-c1cccc(F)c1. The first-order chi connectivity index (χ1) is 17.5. The largest absolute Gasteiger partial charge is 0.493 e. The summed E-state index contributed by atoms with van der Waals surface area (Å²) in [5, 5.41) is 8.37. The van der Waals surface area contributed by atoms with Gasteiger partial charge in [-0.15, -0.1) is 0 Å². The second-order valence-electron chi connectivity index (χ2n) is 9.25. The minimum absolute atomic E-state index is 0.0909. The molecule has 5 rings (SSSR count). The molecular weight excluding hydrogens is 455 g/mol. The van der Waals surface area contributed by atoms with Gasteiger partial charge in [0.1, 0.15) is 11.6 Å². The molecule has 1 amide bonds. The summed E-state index contributed by atoms with van der Waals surface area (Å²) in [6.07, 6.45) is 3.86. The molecule has 0 spiro atoms. The molecule has 1 aromatic heterocycles. The van der Waals surface area contributed by atoms with E-state index in [1.807, 2.05) is 49.3 Å². The number of fused-ring (bicyclic) bond motifs is 1. The van der Waals surface area contributed by atoms with Crippen molar-refractivity contribution in [1.29, 1.82) is 0 Å². The van der Waals surface area contributed by atoms with Crippen LogP contribution in [0.1, 0.15) is 41.7 Å². The van der Waals surface area contributed by atoms with Crippen molar-refractivity contribution in [3.8, 4) is 16.9 Å². The molecule has 0 radical (unpaired) electrons. The van der Waals surface area contributed by atoms with Crippen LogP contribution in [0.3, 0.4) is 0 Å². The van der Waals surface area contributed by atoms with Gasteiger partial charge in [0, 0.05) is 35.7 Å². The molecule has 1 atom stereocenters. The predicted molar refractivity (Wildman–Crippen MR) is 140 cm³/mol. The number of aromatic nitrogens is 2. The Bertz CT molecular complexity index is 1360.